The van der Waals surface area contributed by atoms with Crippen LogP contribution in [-0.2, 0) is 9.59 Å². The van der Waals surface area contributed by atoms with Gasteiger partial charge in [0.1, 0.15) is 28.0 Å². The molecule has 160 valence electrons. The molecule has 0 heterocycles. The summed E-state index contributed by atoms with van der Waals surface area (Å²) in [4.78, 5) is 24.8. The number of benzene rings is 2. The highest BCUT2D eigenvalue weighted by atomic mass is 35.5. The van der Waals surface area contributed by atoms with Crippen molar-refractivity contribution in [2.45, 2.75) is 13.0 Å². The van der Waals surface area contributed by atoms with Crippen LogP contribution >= 0.6 is 11.6 Å². The minimum Gasteiger partial charge on any atom is -0.497 e. The van der Waals surface area contributed by atoms with Crippen molar-refractivity contribution in [3.05, 3.63) is 35.4 Å². The number of ketones is 1. The maximum atomic E-state index is 12.7. The second-order valence-corrected chi connectivity index (χ2v) is 6.30. The molecular formula is C20H22ClN3O6. The minimum absolute atomic E-state index is 0.150. The highest BCUT2D eigenvalue weighted by Gasteiger charge is 2.25. The van der Waals surface area contributed by atoms with E-state index in [0.29, 0.717) is 23.0 Å². The third-order valence-electron chi connectivity index (χ3n) is 4.03. The lowest BCUT2D eigenvalue weighted by molar-refractivity contribution is -0.126. The van der Waals surface area contributed by atoms with Gasteiger partial charge in [-0.05, 0) is 19.1 Å². The fraction of sp³-hybridized carbons (Fsp3) is 0.300. The Morgan fingerprint density at radius 3 is 2.07 bits per heavy atom. The van der Waals surface area contributed by atoms with Crippen LogP contribution < -0.4 is 24.3 Å². The number of nitrogens with one attached hydrogen (secondary N) is 1. The van der Waals surface area contributed by atoms with Crippen LogP contribution in [0.1, 0.15) is 6.92 Å². The first kappa shape index (κ1) is 23.0. The van der Waals surface area contributed by atoms with Crippen LogP contribution in [0.15, 0.2) is 40.6 Å². The Kier molecular flexibility index (Phi) is 7.99. The molecule has 1 amide bonds. The molecule has 0 saturated carbocycles. The topological polar surface area (TPSA) is 108 Å². The maximum absolute atomic E-state index is 12.7. The number of halogens is 1. The fourth-order valence-corrected chi connectivity index (χ4v) is 2.73. The third-order valence-corrected chi connectivity index (χ3v) is 4.42. The quantitative estimate of drug-likeness (QED) is 0.470. The number of rotatable bonds is 9. The Morgan fingerprint density at radius 1 is 0.967 bits per heavy atom. The van der Waals surface area contributed by atoms with E-state index in [-0.39, 0.29) is 16.4 Å². The van der Waals surface area contributed by atoms with Gasteiger partial charge in [0, 0.05) is 12.1 Å². The molecule has 0 saturated heterocycles. The summed E-state index contributed by atoms with van der Waals surface area (Å²) in [6, 6.07) is 6.66. The monoisotopic (exact) mass is 435 g/mol. The van der Waals surface area contributed by atoms with Gasteiger partial charge in [0.25, 0.3) is 5.91 Å². The second kappa shape index (κ2) is 10.4. The summed E-state index contributed by atoms with van der Waals surface area (Å²) in [5.74, 6) is 0.216. The predicted octanol–water partition coefficient (Wildman–Crippen LogP) is 4.05. The van der Waals surface area contributed by atoms with Gasteiger partial charge in [-0.25, -0.2) is 0 Å². The van der Waals surface area contributed by atoms with Crippen LogP contribution in [0.5, 0.6) is 23.0 Å². The molecule has 0 aromatic heterocycles. The van der Waals surface area contributed by atoms with Crippen molar-refractivity contribution in [1.29, 1.82) is 0 Å². The number of nitrogens with zero attached hydrogens (tertiary/aromatic N) is 2. The Hall–Kier alpha value is -3.33. The van der Waals surface area contributed by atoms with Gasteiger partial charge in [0.15, 0.2) is 11.5 Å². The van der Waals surface area contributed by atoms with Crippen molar-refractivity contribution >= 4 is 34.7 Å². The van der Waals surface area contributed by atoms with E-state index >= 15 is 0 Å². The number of amides is 1. The molecule has 0 bridgehead atoms. The lowest BCUT2D eigenvalue weighted by Crippen LogP contribution is -2.32. The molecule has 0 aliphatic carbocycles. The summed E-state index contributed by atoms with van der Waals surface area (Å²) < 4.78 is 20.8. The van der Waals surface area contributed by atoms with Gasteiger partial charge in [0.05, 0.1) is 34.1 Å². The first-order valence-electron chi connectivity index (χ1n) is 8.70. The van der Waals surface area contributed by atoms with Crippen molar-refractivity contribution in [1.82, 2.24) is 0 Å². The molecule has 1 unspecified atom stereocenters. The number of methoxy groups -OCH3 is 4. The molecule has 2 aromatic rings. The summed E-state index contributed by atoms with van der Waals surface area (Å²) in [5, 5.41) is 10.7. The molecule has 30 heavy (non-hydrogen) atoms. The number of carbonyl (C=O) groups excluding carboxylic acids is 2. The van der Waals surface area contributed by atoms with Crippen LogP contribution in [0.3, 0.4) is 0 Å². The van der Waals surface area contributed by atoms with E-state index in [2.05, 4.69) is 15.5 Å². The Bertz CT molecular complexity index is 942. The molecule has 1 N–H and O–H groups in total. The average Bonchev–Trinajstić information content (AvgIpc) is 2.74. The zero-order chi connectivity index (χ0) is 22.3. The van der Waals surface area contributed by atoms with E-state index < -0.39 is 17.7 Å². The number of Topliss-reactive ketones (excluding diaryl/α,β-unsaturated/α-hetero) is 1. The summed E-state index contributed by atoms with van der Waals surface area (Å²) in [6.45, 7) is 1.23. The SMILES string of the molecule is COc1cc(NC(=O)C(N=Nc2c(OC)cccc2OC)C(C)=O)c(Cl)c(OC)c1. The molecule has 0 radical (unpaired) electrons. The molecule has 0 aliphatic heterocycles. The predicted molar refractivity (Wildman–Crippen MR) is 112 cm³/mol. The fourth-order valence-electron chi connectivity index (χ4n) is 2.50. The lowest BCUT2D eigenvalue weighted by atomic mass is 10.2. The van der Waals surface area contributed by atoms with Crippen molar-refractivity contribution < 1.29 is 28.5 Å². The minimum atomic E-state index is -1.42. The highest BCUT2D eigenvalue weighted by molar-refractivity contribution is 6.35. The van der Waals surface area contributed by atoms with Crippen LogP contribution in [0, 0.1) is 0 Å². The summed E-state index contributed by atoms with van der Waals surface area (Å²) in [6.07, 6.45) is 0. The maximum Gasteiger partial charge on any atom is 0.258 e. The molecule has 10 heteroatoms. The van der Waals surface area contributed by atoms with Crippen molar-refractivity contribution in [3.63, 3.8) is 0 Å². The van der Waals surface area contributed by atoms with Crippen LogP contribution in [-0.4, -0.2) is 46.2 Å². The largest absolute Gasteiger partial charge is 0.497 e. The number of carbonyl (C=O) groups is 2. The van der Waals surface area contributed by atoms with E-state index in [0.717, 1.165) is 0 Å². The van der Waals surface area contributed by atoms with E-state index in [1.807, 2.05) is 0 Å². The summed E-state index contributed by atoms with van der Waals surface area (Å²) in [5.41, 5.74) is 0.455. The molecule has 2 rings (SSSR count). The van der Waals surface area contributed by atoms with Crippen LogP contribution in [0.4, 0.5) is 11.4 Å². The highest BCUT2D eigenvalue weighted by Crippen LogP contribution is 2.38. The molecule has 0 spiro atoms. The summed E-state index contributed by atoms with van der Waals surface area (Å²) >= 11 is 6.25. The first-order chi connectivity index (χ1) is 14.4. The average molecular weight is 436 g/mol. The molecular weight excluding hydrogens is 414 g/mol. The Morgan fingerprint density at radius 2 is 1.57 bits per heavy atom. The van der Waals surface area contributed by atoms with Crippen molar-refractivity contribution in [2.75, 3.05) is 33.8 Å². The molecule has 0 aliphatic rings. The van der Waals surface area contributed by atoms with Crippen molar-refractivity contribution in [2.24, 2.45) is 10.2 Å². The third kappa shape index (κ3) is 5.18. The molecule has 9 nitrogen and oxygen atoms in total. The number of ether oxygens (including phenoxy) is 4. The normalized spacial score (nSPS) is 11.7. The van der Waals surface area contributed by atoms with E-state index in [9.17, 15) is 9.59 Å². The van der Waals surface area contributed by atoms with Gasteiger partial charge in [-0.3, -0.25) is 9.59 Å². The molecule has 0 fully saturated rings. The van der Waals surface area contributed by atoms with E-state index in [1.54, 1.807) is 24.3 Å². The van der Waals surface area contributed by atoms with Crippen molar-refractivity contribution in [3.8, 4) is 23.0 Å². The zero-order valence-electron chi connectivity index (χ0n) is 17.2. The van der Waals surface area contributed by atoms with E-state index in [4.69, 9.17) is 30.5 Å². The van der Waals surface area contributed by atoms with Gasteiger partial charge < -0.3 is 24.3 Å². The first-order valence-corrected chi connectivity index (χ1v) is 9.08. The number of hydrogen-bond acceptors (Lipinski definition) is 8. The van der Waals surface area contributed by atoms with Gasteiger partial charge in [0.2, 0.25) is 6.04 Å². The standard InChI is InChI=1S/C20H22ClN3O6/c1-11(25)18(23-24-19-14(28-3)7-6-8-15(19)29-4)20(26)22-13-9-12(27-2)10-16(30-5)17(13)21/h6-10,18H,1-5H3,(H,22,26). The lowest BCUT2D eigenvalue weighted by Gasteiger charge is -2.14. The van der Waals surface area contributed by atoms with Gasteiger partial charge in [-0.15, -0.1) is 5.11 Å². The zero-order valence-corrected chi connectivity index (χ0v) is 17.9. The van der Waals surface area contributed by atoms with E-state index in [1.165, 1.54) is 41.4 Å². The smallest absolute Gasteiger partial charge is 0.258 e. The van der Waals surface area contributed by atoms with Gasteiger partial charge >= 0.3 is 0 Å². The molecule has 1 atom stereocenters. The van der Waals surface area contributed by atoms with Gasteiger partial charge in [-0.1, -0.05) is 17.7 Å². The van der Waals surface area contributed by atoms with Gasteiger partial charge in [-0.2, -0.15) is 5.11 Å². The summed E-state index contributed by atoms with van der Waals surface area (Å²) in [7, 11) is 5.81. The Balaban J connectivity index is 2.36. The number of azo groups is 1. The van der Waals surface area contributed by atoms with Crippen LogP contribution in [0.25, 0.3) is 0 Å². The number of anilines is 1. The Labute approximate surface area is 178 Å². The number of hydrogen-bond donors (Lipinski definition) is 1. The van der Waals surface area contributed by atoms with Crippen LogP contribution in [0.2, 0.25) is 5.02 Å². The molecule has 2 aromatic carbocycles. The second-order valence-electron chi connectivity index (χ2n) is 5.92.